The van der Waals surface area contributed by atoms with Gasteiger partial charge in [0.1, 0.15) is 0 Å². The molecule has 0 atom stereocenters. The Morgan fingerprint density at radius 3 is 2.71 bits per heavy atom. The molecule has 0 fully saturated rings. The minimum absolute atomic E-state index is 0.110. The summed E-state index contributed by atoms with van der Waals surface area (Å²) in [4.78, 5) is 22.2. The van der Waals surface area contributed by atoms with E-state index in [1.54, 1.807) is 24.7 Å². The van der Waals surface area contributed by atoms with E-state index >= 15 is 0 Å². The normalized spacial score (nSPS) is 11.2. The van der Waals surface area contributed by atoms with Gasteiger partial charge in [-0.2, -0.15) is 0 Å². The van der Waals surface area contributed by atoms with E-state index in [0.29, 0.717) is 6.54 Å². The van der Waals surface area contributed by atoms with Gasteiger partial charge in [0, 0.05) is 19.2 Å². The van der Waals surface area contributed by atoms with Gasteiger partial charge in [-0.15, -0.1) is 5.10 Å². The Kier molecular flexibility index (Phi) is 4.19. The molecule has 1 heterocycles. The van der Waals surface area contributed by atoms with Gasteiger partial charge in [-0.1, -0.05) is 5.21 Å². The van der Waals surface area contributed by atoms with Gasteiger partial charge < -0.3 is 10.4 Å². The Morgan fingerprint density at radius 2 is 2.18 bits per heavy atom. The fourth-order valence-corrected chi connectivity index (χ4v) is 1.05. The third-order valence-electron chi connectivity index (χ3n) is 2.35. The first-order valence-corrected chi connectivity index (χ1v) is 5.26. The second kappa shape index (κ2) is 5.42. The van der Waals surface area contributed by atoms with Crippen molar-refractivity contribution in [3.63, 3.8) is 0 Å². The number of hydrogen-bond acceptors (Lipinski definition) is 4. The topological polar surface area (TPSA) is 97.1 Å². The zero-order chi connectivity index (χ0) is 12.9. The van der Waals surface area contributed by atoms with Crippen LogP contribution in [-0.2, 0) is 16.1 Å². The van der Waals surface area contributed by atoms with E-state index in [1.807, 2.05) is 0 Å². The van der Waals surface area contributed by atoms with Gasteiger partial charge in [-0.3, -0.25) is 14.3 Å². The van der Waals surface area contributed by atoms with Gasteiger partial charge in [0.15, 0.2) is 0 Å². The molecule has 94 valence electrons. The maximum absolute atomic E-state index is 11.4. The van der Waals surface area contributed by atoms with Crippen molar-refractivity contribution in [2.24, 2.45) is 5.41 Å². The van der Waals surface area contributed by atoms with Gasteiger partial charge in [0.25, 0.3) is 0 Å². The lowest BCUT2D eigenvalue weighted by Gasteiger charge is -2.19. The summed E-state index contributed by atoms with van der Waals surface area (Å²) in [5, 5.41) is 18.8. The number of nitrogens with zero attached hydrogens (tertiary/aromatic N) is 3. The van der Waals surface area contributed by atoms with E-state index in [0.717, 1.165) is 0 Å². The van der Waals surface area contributed by atoms with Crippen LogP contribution in [0.2, 0.25) is 0 Å². The maximum atomic E-state index is 11.4. The molecule has 0 radical (unpaired) electrons. The molecule has 1 aromatic rings. The minimum Gasteiger partial charge on any atom is -0.481 e. The largest absolute Gasteiger partial charge is 0.481 e. The molecular weight excluding hydrogens is 224 g/mol. The van der Waals surface area contributed by atoms with Crippen molar-refractivity contribution in [3.8, 4) is 0 Å². The van der Waals surface area contributed by atoms with Crippen molar-refractivity contribution in [2.45, 2.75) is 26.8 Å². The molecule has 0 aliphatic carbocycles. The highest BCUT2D eigenvalue weighted by atomic mass is 16.4. The number of rotatable bonds is 6. The highest BCUT2D eigenvalue weighted by Gasteiger charge is 2.27. The lowest BCUT2D eigenvalue weighted by Crippen LogP contribution is -2.39. The number of carboxylic acid groups (broad SMARTS) is 1. The highest BCUT2D eigenvalue weighted by molar-refractivity contribution is 5.78. The molecule has 1 aromatic heterocycles. The molecule has 7 heteroatoms. The van der Waals surface area contributed by atoms with E-state index in [1.165, 1.54) is 6.20 Å². The summed E-state index contributed by atoms with van der Waals surface area (Å²) in [5.41, 5.74) is -0.955. The van der Waals surface area contributed by atoms with Crippen molar-refractivity contribution in [1.82, 2.24) is 20.3 Å². The smallest absolute Gasteiger partial charge is 0.310 e. The predicted molar refractivity (Wildman–Crippen MR) is 59.1 cm³/mol. The molecule has 0 unspecified atom stereocenters. The molecule has 1 rings (SSSR count). The van der Waals surface area contributed by atoms with E-state index in [-0.39, 0.29) is 18.9 Å². The van der Waals surface area contributed by atoms with Crippen LogP contribution in [0.15, 0.2) is 12.4 Å². The molecule has 1 amide bonds. The van der Waals surface area contributed by atoms with Crippen molar-refractivity contribution in [1.29, 1.82) is 0 Å². The van der Waals surface area contributed by atoms with Gasteiger partial charge >= 0.3 is 5.97 Å². The number of aromatic nitrogens is 3. The SMILES string of the molecule is CC(C)(CNC(=O)CCn1ccnn1)C(=O)O. The summed E-state index contributed by atoms with van der Waals surface area (Å²) >= 11 is 0. The van der Waals surface area contributed by atoms with Crippen LogP contribution in [0.4, 0.5) is 0 Å². The van der Waals surface area contributed by atoms with E-state index in [9.17, 15) is 9.59 Å². The Morgan fingerprint density at radius 1 is 1.47 bits per heavy atom. The number of carboxylic acids is 1. The average molecular weight is 240 g/mol. The first kappa shape index (κ1) is 13.1. The summed E-state index contributed by atoms with van der Waals surface area (Å²) < 4.78 is 1.54. The van der Waals surface area contributed by atoms with Crippen molar-refractivity contribution < 1.29 is 14.7 Å². The zero-order valence-electron chi connectivity index (χ0n) is 9.88. The molecule has 0 saturated heterocycles. The number of aliphatic carboxylic acids is 1. The van der Waals surface area contributed by atoms with Gasteiger partial charge in [0.2, 0.25) is 5.91 Å². The Balaban J connectivity index is 2.28. The number of carbonyl (C=O) groups is 2. The molecule has 0 aromatic carbocycles. The molecule has 17 heavy (non-hydrogen) atoms. The van der Waals surface area contributed by atoms with Crippen LogP contribution in [0.3, 0.4) is 0 Å². The molecule has 0 aliphatic heterocycles. The number of nitrogens with one attached hydrogen (secondary N) is 1. The van der Waals surface area contributed by atoms with Gasteiger partial charge in [-0.25, -0.2) is 0 Å². The van der Waals surface area contributed by atoms with Crippen LogP contribution in [0.25, 0.3) is 0 Å². The predicted octanol–water partition coefficient (Wildman–Crippen LogP) is -0.105. The van der Waals surface area contributed by atoms with E-state index in [2.05, 4.69) is 15.6 Å². The van der Waals surface area contributed by atoms with E-state index < -0.39 is 11.4 Å². The number of amides is 1. The van der Waals surface area contributed by atoms with Crippen LogP contribution in [0, 0.1) is 5.41 Å². The number of aryl methyl sites for hydroxylation is 1. The van der Waals surface area contributed by atoms with Crippen molar-refractivity contribution in [3.05, 3.63) is 12.4 Å². The Bertz CT molecular complexity index is 386. The van der Waals surface area contributed by atoms with Crippen molar-refractivity contribution in [2.75, 3.05) is 6.54 Å². The summed E-state index contributed by atoms with van der Waals surface area (Å²) in [6.07, 6.45) is 3.44. The number of carbonyl (C=O) groups excluding carboxylic acids is 1. The third kappa shape index (κ3) is 4.21. The molecule has 7 nitrogen and oxygen atoms in total. The Hall–Kier alpha value is -1.92. The molecule has 0 saturated carbocycles. The maximum Gasteiger partial charge on any atom is 0.310 e. The van der Waals surface area contributed by atoms with Crippen LogP contribution in [-0.4, -0.2) is 38.5 Å². The molecule has 0 spiro atoms. The standard InChI is InChI=1S/C10H16N4O3/c1-10(2,9(16)17)7-11-8(15)3-5-14-6-4-12-13-14/h4,6H,3,5,7H2,1-2H3,(H,11,15)(H,16,17). The summed E-state index contributed by atoms with van der Waals surface area (Å²) in [5.74, 6) is -1.14. The van der Waals surface area contributed by atoms with Crippen molar-refractivity contribution >= 4 is 11.9 Å². The summed E-state index contributed by atoms with van der Waals surface area (Å²) in [6.45, 7) is 3.66. The average Bonchev–Trinajstić information content (AvgIpc) is 2.76. The zero-order valence-corrected chi connectivity index (χ0v) is 9.88. The Labute approximate surface area is 98.8 Å². The first-order chi connectivity index (χ1) is 7.92. The summed E-state index contributed by atoms with van der Waals surface area (Å²) in [6, 6.07) is 0. The highest BCUT2D eigenvalue weighted by Crippen LogP contribution is 2.12. The third-order valence-corrected chi connectivity index (χ3v) is 2.35. The van der Waals surface area contributed by atoms with Crippen LogP contribution in [0.1, 0.15) is 20.3 Å². The fraction of sp³-hybridized carbons (Fsp3) is 0.600. The minimum atomic E-state index is -0.955. The molecule has 0 aliphatic rings. The molecule has 2 N–H and O–H groups in total. The quantitative estimate of drug-likeness (QED) is 0.723. The second-order valence-corrected chi connectivity index (χ2v) is 4.38. The van der Waals surface area contributed by atoms with Gasteiger partial charge in [0.05, 0.1) is 18.2 Å². The van der Waals surface area contributed by atoms with Crippen LogP contribution < -0.4 is 5.32 Å². The lowest BCUT2D eigenvalue weighted by atomic mass is 9.94. The van der Waals surface area contributed by atoms with Crippen LogP contribution in [0.5, 0.6) is 0 Å². The number of hydrogen-bond donors (Lipinski definition) is 2. The second-order valence-electron chi connectivity index (χ2n) is 4.38. The van der Waals surface area contributed by atoms with Crippen LogP contribution >= 0.6 is 0 Å². The van der Waals surface area contributed by atoms with Gasteiger partial charge in [-0.05, 0) is 13.8 Å². The van der Waals surface area contributed by atoms with E-state index in [4.69, 9.17) is 5.11 Å². The monoisotopic (exact) mass is 240 g/mol. The molecular formula is C10H16N4O3. The fourth-order valence-electron chi connectivity index (χ4n) is 1.05. The lowest BCUT2D eigenvalue weighted by molar-refractivity contribution is -0.146. The molecule has 0 bridgehead atoms. The first-order valence-electron chi connectivity index (χ1n) is 5.26. The summed E-state index contributed by atoms with van der Waals surface area (Å²) in [7, 11) is 0.